The summed E-state index contributed by atoms with van der Waals surface area (Å²) in [6.07, 6.45) is -68.9. The number of hydrogen-bond donors (Lipinski definition) is 5. The number of alkyl halides is 24. The lowest BCUT2D eigenvalue weighted by Gasteiger charge is -2.37. The number of aliphatic hydroxyl groups excluding tert-OH is 1. The average Bonchev–Trinajstić information content (AvgIpc) is 2.72. The Morgan fingerprint density at radius 1 is 0.354 bits per heavy atom. The van der Waals surface area contributed by atoms with Crippen LogP contribution in [-0.4, -0.2) is 109 Å². The van der Waals surface area contributed by atoms with Gasteiger partial charge in [0, 0.05) is 12.8 Å². The Morgan fingerprint density at radius 2 is 0.500 bits per heavy atom. The van der Waals surface area contributed by atoms with Crippen LogP contribution >= 0.6 is 0 Å². The fraction of sp³-hybridized carbons (Fsp3) is 0.944. The van der Waals surface area contributed by atoms with Crippen LogP contribution < -0.4 is 0 Å². The summed E-state index contributed by atoms with van der Waals surface area (Å²) in [7, 11) is 0. The van der Waals surface area contributed by atoms with E-state index in [0.29, 0.717) is 0 Å². The highest BCUT2D eigenvalue weighted by molar-refractivity contribution is 5.81. The zero-order valence-electron chi connectivity index (χ0n) is 21.6. The van der Waals surface area contributed by atoms with E-state index in [4.69, 9.17) is 25.5 Å². The molecule has 5 N–H and O–H groups in total. The van der Waals surface area contributed by atoms with Crippen LogP contribution in [0.2, 0.25) is 0 Å². The van der Waals surface area contributed by atoms with E-state index < -0.39 is 109 Å². The molecule has 0 bridgehead atoms. The largest absolute Gasteiger partial charge is 0.426 e. The van der Waals surface area contributed by atoms with E-state index in [1.54, 1.807) is 0 Å². The number of carbonyl (C=O) groups excluding carboxylic acids is 1. The first-order valence-electron chi connectivity index (χ1n) is 10.8. The lowest BCUT2D eigenvalue weighted by Crippen LogP contribution is -2.61. The van der Waals surface area contributed by atoms with Gasteiger partial charge in [-0.1, -0.05) is 0 Å². The minimum absolute atomic E-state index is 2.97. The molecule has 0 fully saturated rings. The molecule has 6 nitrogen and oxygen atoms in total. The number of ketones is 1. The van der Waals surface area contributed by atoms with Gasteiger partial charge in [-0.3, -0.25) is 4.79 Å². The Bertz CT molecular complexity index is 931. The molecule has 0 aliphatic heterocycles. The summed E-state index contributed by atoms with van der Waals surface area (Å²) in [5, 5.41) is 43.1. The summed E-state index contributed by atoms with van der Waals surface area (Å²) in [5.74, 6) is -2.97. The zero-order valence-corrected chi connectivity index (χ0v) is 21.6. The van der Waals surface area contributed by atoms with Gasteiger partial charge in [0.1, 0.15) is 5.78 Å². The third kappa shape index (κ3) is 9.94. The number of Topliss-reactive ketones (excluding diaryl/α,β-unsaturated/α-hetero) is 1. The fourth-order valence-electron chi connectivity index (χ4n) is 2.89. The zero-order chi connectivity index (χ0) is 40.0. The fourth-order valence-corrected chi connectivity index (χ4v) is 2.89. The standard InChI is InChI=1S/C9H8F12O3.C9H6F12O3/c2*10-6(11,12)4(23,7(13,14)15)1-3(22)2-5(24,8(16,17)18)9(19,20)21/h3,22-24H,1-2H2;23-24H,1-2H2. The topological polar surface area (TPSA) is 118 Å². The molecular weight excluding hydrogens is 768 g/mol. The minimum atomic E-state index is -6.63. The van der Waals surface area contributed by atoms with Gasteiger partial charge < -0.3 is 25.5 Å². The van der Waals surface area contributed by atoms with Crippen LogP contribution in [0.5, 0.6) is 0 Å². The number of hydrogen-bond acceptors (Lipinski definition) is 6. The summed E-state index contributed by atoms with van der Waals surface area (Å²) >= 11 is 0. The van der Waals surface area contributed by atoms with Gasteiger partial charge in [-0.2, -0.15) is 105 Å². The average molecular weight is 782 g/mol. The first kappa shape index (κ1) is 47.9. The molecule has 0 aromatic rings. The molecule has 0 aromatic carbocycles. The van der Waals surface area contributed by atoms with Gasteiger partial charge >= 0.3 is 49.4 Å². The molecule has 0 aliphatic rings. The first-order valence-corrected chi connectivity index (χ1v) is 10.8. The Kier molecular flexibility index (Phi) is 13.5. The molecule has 0 spiro atoms. The van der Waals surface area contributed by atoms with Crippen molar-refractivity contribution < 1.29 is 136 Å². The van der Waals surface area contributed by atoms with E-state index in [2.05, 4.69) is 0 Å². The van der Waals surface area contributed by atoms with E-state index in [1.165, 1.54) is 0 Å². The molecule has 0 aromatic heterocycles. The molecule has 0 amide bonds. The smallest absolute Gasteiger partial charge is 0.393 e. The number of rotatable bonds is 8. The molecule has 0 rings (SSSR count). The normalized spacial score (nSPS) is 15.8. The Balaban J connectivity index is 0. The van der Waals surface area contributed by atoms with Gasteiger partial charge in [0.25, 0.3) is 22.4 Å². The van der Waals surface area contributed by atoms with Crippen LogP contribution in [0.1, 0.15) is 25.7 Å². The molecule has 0 radical (unpaired) electrons. The van der Waals surface area contributed by atoms with Crippen LogP contribution in [0.25, 0.3) is 0 Å². The van der Waals surface area contributed by atoms with E-state index >= 15 is 0 Å². The van der Waals surface area contributed by atoms with Crippen LogP contribution in [0, 0.1) is 0 Å². The van der Waals surface area contributed by atoms with Crippen LogP contribution in [-0.2, 0) is 4.79 Å². The highest BCUT2D eigenvalue weighted by Crippen LogP contribution is 2.51. The second kappa shape index (κ2) is 13.5. The molecule has 290 valence electrons. The third-order valence-corrected chi connectivity index (χ3v) is 5.72. The molecule has 0 saturated heterocycles. The monoisotopic (exact) mass is 782 g/mol. The van der Waals surface area contributed by atoms with Crippen molar-refractivity contribution in [3.05, 3.63) is 0 Å². The highest BCUT2D eigenvalue weighted by atomic mass is 19.4. The minimum Gasteiger partial charge on any atom is -0.393 e. The number of aliphatic hydroxyl groups is 5. The van der Waals surface area contributed by atoms with Crippen LogP contribution in [0.15, 0.2) is 0 Å². The summed E-state index contributed by atoms with van der Waals surface area (Å²) < 4.78 is 294. The van der Waals surface area contributed by atoms with Crippen molar-refractivity contribution in [3.8, 4) is 0 Å². The molecule has 0 atom stereocenters. The van der Waals surface area contributed by atoms with Gasteiger partial charge in [0.2, 0.25) is 0 Å². The maximum atomic E-state index is 12.3. The Morgan fingerprint density at radius 3 is 0.625 bits per heavy atom. The number of halogens is 24. The highest BCUT2D eigenvalue weighted by Gasteiger charge is 2.75. The maximum Gasteiger partial charge on any atom is 0.426 e. The van der Waals surface area contributed by atoms with Gasteiger partial charge in [0.05, 0.1) is 18.9 Å². The van der Waals surface area contributed by atoms with Crippen molar-refractivity contribution in [1.82, 2.24) is 0 Å². The van der Waals surface area contributed by atoms with Crippen molar-refractivity contribution in [3.63, 3.8) is 0 Å². The van der Waals surface area contributed by atoms with E-state index in [1.807, 2.05) is 0 Å². The van der Waals surface area contributed by atoms with Gasteiger partial charge in [-0.15, -0.1) is 0 Å². The predicted molar refractivity (Wildman–Crippen MR) is 97.7 cm³/mol. The summed E-state index contributed by atoms with van der Waals surface area (Å²) in [6, 6.07) is 0. The molecular formula is C18H14F24O6. The third-order valence-electron chi connectivity index (χ3n) is 5.72. The van der Waals surface area contributed by atoms with Crippen molar-refractivity contribution >= 4 is 5.78 Å². The van der Waals surface area contributed by atoms with Crippen LogP contribution in [0.4, 0.5) is 105 Å². The van der Waals surface area contributed by atoms with E-state index in [-0.39, 0.29) is 0 Å². The van der Waals surface area contributed by atoms with Crippen molar-refractivity contribution in [2.24, 2.45) is 0 Å². The second-order valence-electron chi connectivity index (χ2n) is 9.38. The molecule has 0 saturated carbocycles. The molecule has 0 heterocycles. The molecule has 30 heteroatoms. The quantitative estimate of drug-likeness (QED) is 0.197. The Labute approximate surface area is 246 Å². The predicted octanol–water partition coefficient (Wildman–Crippen LogP) is 5.89. The van der Waals surface area contributed by atoms with Crippen molar-refractivity contribution in [2.45, 2.75) is 104 Å². The molecule has 0 unspecified atom stereocenters. The molecule has 0 aliphatic carbocycles. The summed E-state index contributed by atoms with van der Waals surface area (Å²) in [5.41, 5.74) is -23.3. The van der Waals surface area contributed by atoms with E-state index in [0.717, 1.165) is 0 Å². The maximum absolute atomic E-state index is 12.3. The van der Waals surface area contributed by atoms with Gasteiger partial charge in [0.15, 0.2) is 0 Å². The Hall–Kier alpha value is -2.21. The van der Waals surface area contributed by atoms with Crippen molar-refractivity contribution in [1.29, 1.82) is 0 Å². The lowest BCUT2D eigenvalue weighted by atomic mass is 9.87. The number of carbonyl (C=O) groups is 1. The first-order chi connectivity index (χ1) is 20.2. The van der Waals surface area contributed by atoms with E-state index in [9.17, 15) is 110 Å². The van der Waals surface area contributed by atoms with Crippen molar-refractivity contribution in [2.75, 3.05) is 0 Å². The second-order valence-corrected chi connectivity index (χ2v) is 9.38. The van der Waals surface area contributed by atoms with Crippen LogP contribution in [0.3, 0.4) is 0 Å². The van der Waals surface area contributed by atoms with Gasteiger partial charge in [-0.25, -0.2) is 0 Å². The molecule has 48 heavy (non-hydrogen) atoms. The van der Waals surface area contributed by atoms with Gasteiger partial charge in [-0.05, 0) is 0 Å². The SMILES string of the molecule is O=C(CC(O)(C(F)(F)F)C(F)(F)F)CC(O)(C(F)(F)F)C(F)(F)F.OC(CC(O)(C(F)(F)F)C(F)(F)F)CC(O)(C(F)(F)F)C(F)(F)F. The summed E-state index contributed by atoms with van der Waals surface area (Å²) in [4.78, 5) is 10.9. The lowest BCUT2D eigenvalue weighted by molar-refractivity contribution is -0.386. The summed E-state index contributed by atoms with van der Waals surface area (Å²) in [6.45, 7) is 0.